The number of nitrogens with one attached hydrogen (secondary N) is 2. The molecule has 0 saturated carbocycles. The second kappa shape index (κ2) is 13.1. The molecule has 3 rings (SSSR count). The molecule has 10 nitrogen and oxygen atoms in total. The Morgan fingerprint density at radius 2 is 1.74 bits per heavy atom. The van der Waals surface area contributed by atoms with E-state index in [0.29, 0.717) is 18.6 Å². The van der Waals surface area contributed by atoms with E-state index in [1.165, 1.54) is 11.2 Å². The molecule has 3 amide bonds. The molecule has 0 radical (unpaired) electrons. The Kier molecular flexibility index (Phi) is 9.84. The normalized spacial score (nSPS) is 12.8. The third kappa shape index (κ3) is 8.15. The van der Waals surface area contributed by atoms with Gasteiger partial charge in [0, 0.05) is 20.3 Å². The zero-order valence-corrected chi connectivity index (χ0v) is 23.2. The van der Waals surface area contributed by atoms with Gasteiger partial charge in [0.25, 0.3) is 0 Å². The maximum absolute atomic E-state index is 13.3. The number of hydrogen-bond donors (Lipinski definition) is 3. The summed E-state index contributed by atoms with van der Waals surface area (Å²) in [6.45, 7) is 3.17. The van der Waals surface area contributed by atoms with Crippen molar-refractivity contribution in [3.05, 3.63) is 78.2 Å². The van der Waals surface area contributed by atoms with Crippen molar-refractivity contribution in [2.45, 2.75) is 50.7 Å². The number of methoxy groups -OCH3 is 1. The first-order valence-corrected chi connectivity index (χ1v) is 12.8. The number of rotatable bonds is 12. The molecule has 3 aromatic rings. The molecule has 208 valence electrons. The minimum atomic E-state index is -1.14. The first kappa shape index (κ1) is 29.4. The van der Waals surface area contributed by atoms with Crippen LogP contribution < -0.4 is 21.1 Å². The van der Waals surface area contributed by atoms with Crippen LogP contribution in [0.3, 0.4) is 0 Å². The quantitative estimate of drug-likeness (QED) is 0.327. The topological polar surface area (TPSA) is 132 Å². The lowest BCUT2D eigenvalue weighted by Crippen LogP contribution is -2.54. The number of benzene rings is 2. The number of carbonyl (C=O) groups excluding carboxylic acids is 3. The van der Waals surface area contributed by atoms with E-state index in [-0.39, 0.29) is 11.7 Å². The highest BCUT2D eigenvalue weighted by Gasteiger charge is 2.29. The molecule has 0 aliphatic heterocycles. The number of hydrogen-bond acceptors (Lipinski definition) is 6. The maximum atomic E-state index is 13.3. The van der Waals surface area contributed by atoms with Gasteiger partial charge in [-0.25, -0.2) is 4.98 Å². The summed E-state index contributed by atoms with van der Waals surface area (Å²) in [4.78, 5) is 44.8. The van der Waals surface area contributed by atoms with Crippen molar-refractivity contribution in [2.24, 2.45) is 5.73 Å². The molecule has 1 unspecified atom stereocenters. The zero-order chi connectivity index (χ0) is 28.6. The molecule has 0 spiro atoms. The second-order valence-electron chi connectivity index (χ2n) is 10.2. The number of nitrogens with two attached hydrogens (primary N) is 1. The average Bonchev–Trinajstić information content (AvgIpc) is 3.36. The minimum Gasteiger partial charge on any atom is -0.497 e. The fourth-order valence-corrected chi connectivity index (χ4v) is 4.00. The molecule has 2 atom stereocenters. The number of aromatic nitrogens is 2. The minimum absolute atomic E-state index is 0.160. The molecule has 0 aliphatic carbocycles. The molecule has 0 aliphatic rings. The van der Waals surface area contributed by atoms with Crippen LogP contribution in [-0.4, -0.2) is 65.0 Å². The van der Waals surface area contributed by atoms with Crippen LogP contribution in [0.2, 0.25) is 0 Å². The van der Waals surface area contributed by atoms with Gasteiger partial charge in [0.2, 0.25) is 17.7 Å². The van der Waals surface area contributed by atoms with Crippen LogP contribution in [0.4, 0.5) is 5.82 Å². The summed E-state index contributed by atoms with van der Waals surface area (Å²) in [6, 6.07) is 15.6. The van der Waals surface area contributed by atoms with Crippen molar-refractivity contribution >= 4 is 23.5 Å². The van der Waals surface area contributed by atoms with Crippen molar-refractivity contribution in [1.29, 1.82) is 0 Å². The molecular formula is C29H38N6O4. The summed E-state index contributed by atoms with van der Waals surface area (Å²) in [5, 5.41) is 5.57. The van der Waals surface area contributed by atoms with Gasteiger partial charge in [-0.3, -0.25) is 14.4 Å². The van der Waals surface area contributed by atoms with Crippen LogP contribution >= 0.6 is 0 Å². The number of imidazole rings is 1. The Labute approximate surface area is 229 Å². The summed E-state index contributed by atoms with van der Waals surface area (Å²) in [5.74, 6) is -0.0599. The van der Waals surface area contributed by atoms with Gasteiger partial charge in [0.05, 0.1) is 19.0 Å². The highest BCUT2D eigenvalue weighted by Crippen LogP contribution is 2.24. The van der Waals surface area contributed by atoms with Gasteiger partial charge >= 0.3 is 0 Å². The Hall–Kier alpha value is -4.18. The van der Waals surface area contributed by atoms with Crippen LogP contribution in [0.1, 0.15) is 43.9 Å². The number of nitrogens with zero attached hydrogens (tertiary/aromatic N) is 3. The largest absolute Gasteiger partial charge is 0.497 e. The van der Waals surface area contributed by atoms with Crippen molar-refractivity contribution in [3.8, 4) is 5.75 Å². The summed E-state index contributed by atoms with van der Waals surface area (Å²) in [5.41, 5.74) is 6.70. The number of ether oxygens (including phenoxy) is 1. The molecule has 1 heterocycles. The Morgan fingerprint density at radius 3 is 2.33 bits per heavy atom. The van der Waals surface area contributed by atoms with Gasteiger partial charge in [-0.1, -0.05) is 42.5 Å². The molecule has 1 aromatic heterocycles. The van der Waals surface area contributed by atoms with Gasteiger partial charge in [-0.15, -0.1) is 0 Å². The van der Waals surface area contributed by atoms with Crippen molar-refractivity contribution in [2.75, 3.05) is 26.5 Å². The number of carbonyl (C=O) groups is 3. The predicted octanol–water partition coefficient (Wildman–Crippen LogP) is 2.75. The lowest BCUT2D eigenvalue weighted by molar-refractivity contribution is -0.131. The molecule has 2 aromatic carbocycles. The molecule has 0 bridgehead atoms. The molecule has 0 fully saturated rings. The highest BCUT2D eigenvalue weighted by molar-refractivity contribution is 5.97. The lowest BCUT2D eigenvalue weighted by atomic mass is 10.0. The smallest absolute Gasteiger partial charge is 0.249 e. The van der Waals surface area contributed by atoms with Gasteiger partial charge in [-0.2, -0.15) is 0 Å². The van der Waals surface area contributed by atoms with Crippen LogP contribution in [0, 0.1) is 0 Å². The summed E-state index contributed by atoms with van der Waals surface area (Å²) in [7, 11) is 4.94. The lowest BCUT2D eigenvalue weighted by Gasteiger charge is -2.24. The number of likely N-dealkylation sites (N-methyl/N-ethyl adjacent to an activating group) is 1. The van der Waals surface area contributed by atoms with E-state index in [1.807, 2.05) is 42.5 Å². The molecule has 0 saturated heterocycles. The molecule has 39 heavy (non-hydrogen) atoms. The SMILES string of the molecule is COc1ccc(C(C(=O)N(C)C)n2cnc(NC(=O)[C@@H](CCCc3ccccc3)NC(=O)C(C)(C)N)c2)cc1. The van der Waals surface area contributed by atoms with E-state index in [2.05, 4.69) is 15.6 Å². The zero-order valence-electron chi connectivity index (χ0n) is 23.2. The van der Waals surface area contributed by atoms with E-state index in [4.69, 9.17) is 10.5 Å². The van der Waals surface area contributed by atoms with E-state index >= 15 is 0 Å². The molecule has 10 heteroatoms. The Morgan fingerprint density at radius 1 is 1.08 bits per heavy atom. The first-order valence-electron chi connectivity index (χ1n) is 12.8. The van der Waals surface area contributed by atoms with Gasteiger partial charge in [-0.05, 0) is 56.4 Å². The van der Waals surface area contributed by atoms with Crippen LogP contribution in [0.5, 0.6) is 5.75 Å². The van der Waals surface area contributed by atoms with Gasteiger partial charge in [0.1, 0.15) is 17.8 Å². The van der Waals surface area contributed by atoms with E-state index < -0.39 is 29.4 Å². The molecular weight excluding hydrogens is 496 g/mol. The van der Waals surface area contributed by atoms with Crippen LogP contribution in [0.25, 0.3) is 0 Å². The van der Waals surface area contributed by atoms with Crippen LogP contribution in [-0.2, 0) is 20.8 Å². The fourth-order valence-electron chi connectivity index (χ4n) is 4.00. The third-order valence-corrected chi connectivity index (χ3v) is 6.27. The van der Waals surface area contributed by atoms with E-state index in [9.17, 15) is 14.4 Å². The summed E-state index contributed by atoms with van der Waals surface area (Å²) < 4.78 is 6.88. The number of aryl methyl sites for hydroxylation is 1. The first-order chi connectivity index (χ1) is 18.5. The maximum Gasteiger partial charge on any atom is 0.249 e. The second-order valence-corrected chi connectivity index (χ2v) is 10.2. The molecule has 4 N–H and O–H groups in total. The Bertz CT molecular complexity index is 1250. The monoisotopic (exact) mass is 534 g/mol. The van der Waals surface area contributed by atoms with E-state index in [0.717, 1.165) is 17.5 Å². The van der Waals surface area contributed by atoms with Crippen molar-refractivity contribution < 1.29 is 19.1 Å². The fraction of sp³-hybridized carbons (Fsp3) is 0.379. The highest BCUT2D eigenvalue weighted by atomic mass is 16.5. The summed E-state index contributed by atoms with van der Waals surface area (Å²) in [6.07, 6.45) is 4.95. The van der Waals surface area contributed by atoms with Crippen molar-refractivity contribution in [1.82, 2.24) is 19.8 Å². The van der Waals surface area contributed by atoms with Gasteiger partial charge < -0.3 is 30.6 Å². The van der Waals surface area contributed by atoms with Crippen LogP contribution in [0.15, 0.2) is 67.1 Å². The third-order valence-electron chi connectivity index (χ3n) is 6.27. The predicted molar refractivity (Wildman–Crippen MR) is 150 cm³/mol. The Balaban J connectivity index is 1.77. The van der Waals surface area contributed by atoms with Crippen molar-refractivity contribution in [3.63, 3.8) is 0 Å². The summed E-state index contributed by atoms with van der Waals surface area (Å²) >= 11 is 0. The number of amides is 3. The van der Waals surface area contributed by atoms with E-state index in [1.54, 1.807) is 57.9 Å². The standard InChI is InChI=1S/C29H38N6O4/c1-29(2,30)28(38)32-23(13-9-12-20-10-7-6-8-11-20)26(36)33-24-18-35(19-31-24)25(27(37)34(3)4)21-14-16-22(39-5)17-15-21/h6-8,10-11,14-19,23,25H,9,12-13,30H2,1-5H3,(H,32,38)(H,33,36)/t23-,25?/m1/s1. The average molecular weight is 535 g/mol. The number of anilines is 1. The van der Waals surface area contributed by atoms with Gasteiger partial charge in [0.15, 0.2) is 5.82 Å².